The van der Waals surface area contributed by atoms with Crippen LogP contribution >= 0.6 is 0 Å². The maximum atomic E-state index is 12.2. The molecular weight excluding hydrogens is 318 g/mol. The highest BCUT2D eigenvalue weighted by atomic mass is 16.5. The van der Waals surface area contributed by atoms with Gasteiger partial charge in [0.1, 0.15) is 5.75 Å². The van der Waals surface area contributed by atoms with E-state index in [0.717, 1.165) is 24.1 Å². The van der Waals surface area contributed by atoms with Crippen molar-refractivity contribution in [2.45, 2.75) is 12.8 Å². The number of benzene rings is 2. The number of hydrogen-bond acceptors (Lipinski definition) is 3. The number of aryl methyl sites for hydroxylation is 2. The lowest BCUT2D eigenvalue weighted by atomic mass is 10.1. The molecule has 1 aromatic heterocycles. The molecule has 0 radical (unpaired) electrons. The standard InChI is InChI=1S/C19H21N3O3/c1-22-17-10-7-14(12-16(17)21-19(22)24)18(23)20-11-3-4-13-5-8-15(25-2)9-6-13/h5-10,12H,3-4,11H2,1-2H3,(H,20,23)(H,21,24). The van der Waals surface area contributed by atoms with E-state index in [9.17, 15) is 9.59 Å². The van der Waals surface area contributed by atoms with Crippen LogP contribution in [0.25, 0.3) is 11.0 Å². The largest absolute Gasteiger partial charge is 0.497 e. The molecule has 0 spiro atoms. The summed E-state index contributed by atoms with van der Waals surface area (Å²) in [7, 11) is 3.34. The number of nitrogens with zero attached hydrogens (tertiary/aromatic N) is 1. The van der Waals surface area contributed by atoms with Gasteiger partial charge in [-0.15, -0.1) is 0 Å². The maximum absolute atomic E-state index is 12.2. The molecular formula is C19H21N3O3. The first-order valence-corrected chi connectivity index (χ1v) is 8.18. The first-order chi connectivity index (χ1) is 12.1. The molecule has 0 bridgehead atoms. The monoisotopic (exact) mass is 339 g/mol. The van der Waals surface area contributed by atoms with Crippen LogP contribution in [0.4, 0.5) is 0 Å². The number of aromatic nitrogens is 2. The Morgan fingerprint density at radius 2 is 1.96 bits per heavy atom. The lowest BCUT2D eigenvalue weighted by Crippen LogP contribution is -2.24. The van der Waals surface area contributed by atoms with Gasteiger partial charge in [-0.3, -0.25) is 9.36 Å². The molecule has 0 aliphatic carbocycles. The quantitative estimate of drug-likeness (QED) is 0.676. The smallest absolute Gasteiger partial charge is 0.326 e. The zero-order chi connectivity index (χ0) is 17.8. The molecule has 0 aliphatic rings. The third-order valence-corrected chi connectivity index (χ3v) is 4.25. The number of carbonyl (C=O) groups excluding carboxylic acids is 1. The Labute approximate surface area is 145 Å². The van der Waals surface area contributed by atoms with E-state index in [0.29, 0.717) is 17.6 Å². The Morgan fingerprint density at radius 3 is 2.68 bits per heavy atom. The highest BCUT2D eigenvalue weighted by Crippen LogP contribution is 2.13. The second-order valence-corrected chi connectivity index (χ2v) is 5.93. The zero-order valence-electron chi connectivity index (χ0n) is 14.3. The lowest BCUT2D eigenvalue weighted by Gasteiger charge is -2.06. The first-order valence-electron chi connectivity index (χ1n) is 8.18. The van der Waals surface area contributed by atoms with Crippen molar-refractivity contribution in [3.8, 4) is 5.75 Å². The Bertz CT molecular complexity index is 939. The average Bonchev–Trinajstić information content (AvgIpc) is 2.92. The molecule has 0 aliphatic heterocycles. The van der Waals surface area contributed by atoms with Crippen LogP contribution in [0.2, 0.25) is 0 Å². The van der Waals surface area contributed by atoms with E-state index in [1.54, 1.807) is 32.4 Å². The van der Waals surface area contributed by atoms with E-state index >= 15 is 0 Å². The Kier molecular flexibility index (Phi) is 4.88. The second kappa shape index (κ2) is 7.25. The minimum Gasteiger partial charge on any atom is -0.497 e. The van der Waals surface area contributed by atoms with E-state index < -0.39 is 0 Å². The number of hydrogen-bond donors (Lipinski definition) is 2. The van der Waals surface area contributed by atoms with Gasteiger partial charge in [0.2, 0.25) is 0 Å². The van der Waals surface area contributed by atoms with Crippen LogP contribution in [0.3, 0.4) is 0 Å². The molecule has 0 atom stereocenters. The van der Waals surface area contributed by atoms with Gasteiger partial charge in [0.15, 0.2) is 0 Å². The maximum Gasteiger partial charge on any atom is 0.326 e. The lowest BCUT2D eigenvalue weighted by molar-refractivity contribution is 0.0953. The molecule has 2 aromatic carbocycles. The van der Waals surface area contributed by atoms with Crippen LogP contribution in [0, 0.1) is 0 Å². The molecule has 3 rings (SSSR count). The minimum atomic E-state index is -0.188. The minimum absolute atomic E-state index is 0.138. The number of fused-ring (bicyclic) bond motifs is 1. The first kappa shape index (κ1) is 16.8. The van der Waals surface area contributed by atoms with Gasteiger partial charge in [0.25, 0.3) is 5.91 Å². The number of methoxy groups -OCH3 is 1. The molecule has 6 heteroatoms. The Balaban J connectivity index is 1.54. The van der Waals surface area contributed by atoms with Crippen LogP contribution in [0.1, 0.15) is 22.3 Å². The summed E-state index contributed by atoms with van der Waals surface area (Å²) in [6, 6.07) is 13.1. The van der Waals surface area contributed by atoms with Crippen molar-refractivity contribution in [2.24, 2.45) is 7.05 Å². The number of aromatic amines is 1. The van der Waals surface area contributed by atoms with Crippen molar-refractivity contribution in [3.63, 3.8) is 0 Å². The fraction of sp³-hybridized carbons (Fsp3) is 0.263. The third kappa shape index (κ3) is 3.74. The van der Waals surface area contributed by atoms with Gasteiger partial charge in [-0.05, 0) is 48.7 Å². The Hall–Kier alpha value is -3.02. The van der Waals surface area contributed by atoms with E-state index in [4.69, 9.17) is 4.74 Å². The molecule has 0 unspecified atom stereocenters. The number of imidazole rings is 1. The van der Waals surface area contributed by atoms with Crippen molar-refractivity contribution in [3.05, 3.63) is 64.1 Å². The number of H-pyrrole nitrogens is 1. The summed E-state index contributed by atoms with van der Waals surface area (Å²) in [5, 5.41) is 2.92. The van der Waals surface area contributed by atoms with Gasteiger partial charge in [0, 0.05) is 19.2 Å². The van der Waals surface area contributed by atoms with Gasteiger partial charge in [0.05, 0.1) is 18.1 Å². The predicted octanol–water partition coefficient (Wildman–Crippen LogP) is 2.24. The number of amides is 1. The topological polar surface area (TPSA) is 76.1 Å². The summed E-state index contributed by atoms with van der Waals surface area (Å²) >= 11 is 0. The molecule has 2 N–H and O–H groups in total. The summed E-state index contributed by atoms with van der Waals surface area (Å²) in [6.07, 6.45) is 1.73. The van der Waals surface area contributed by atoms with Crippen molar-refractivity contribution in [1.29, 1.82) is 0 Å². The summed E-state index contributed by atoms with van der Waals surface area (Å²) in [5.74, 6) is 0.702. The summed E-state index contributed by atoms with van der Waals surface area (Å²) in [6.45, 7) is 0.591. The molecule has 1 amide bonds. The third-order valence-electron chi connectivity index (χ3n) is 4.25. The van der Waals surface area contributed by atoms with Gasteiger partial charge in [-0.2, -0.15) is 0 Å². The van der Waals surface area contributed by atoms with Crippen LogP contribution in [-0.4, -0.2) is 29.1 Å². The highest BCUT2D eigenvalue weighted by Gasteiger charge is 2.09. The highest BCUT2D eigenvalue weighted by molar-refractivity contribution is 5.97. The zero-order valence-corrected chi connectivity index (χ0v) is 14.3. The second-order valence-electron chi connectivity index (χ2n) is 5.93. The van der Waals surface area contributed by atoms with Crippen LogP contribution in [0.5, 0.6) is 5.75 Å². The average molecular weight is 339 g/mol. The van der Waals surface area contributed by atoms with Crippen molar-refractivity contribution >= 4 is 16.9 Å². The van der Waals surface area contributed by atoms with Crippen LogP contribution in [0.15, 0.2) is 47.3 Å². The van der Waals surface area contributed by atoms with Gasteiger partial charge in [-0.25, -0.2) is 4.79 Å². The number of ether oxygens (including phenoxy) is 1. The van der Waals surface area contributed by atoms with Gasteiger partial charge in [-0.1, -0.05) is 12.1 Å². The number of carbonyl (C=O) groups is 1. The number of rotatable bonds is 6. The fourth-order valence-corrected chi connectivity index (χ4v) is 2.77. The summed E-state index contributed by atoms with van der Waals surface area (Å²) < 4.78 is 6.65. The fourth-order valence-electron chi connectivity index (χ4n) is 2.77. The van der Waals surface area contributed by atoms with E-state index in [-0.39, 0.29) is 11.6 Å². The van der Waals surface area contributed by atoms with E-state index in [2.05, 4.69) is 10.3 Å². The normalized spacial score (nSPS) is 10.8. The summed E-state index contributed by atoms with van der Waals surface area (Å²) in [5.41, 5.74) is 3.00. The van der Waals surface area contributed by atoms with Gasteiger partial charge < -0.3 is 15.0 Å². The summed E-state index contributed by atoms with van der Waals surface area (Å²) in [4.78, 5) is 26.6. The van der Waals surface area contributed by atoms with Crippen molar-refractivity contribution in [1.82, 2.24) is 14.9 Å². The molecule has 6 nitrogen and oxygen atoms in total. The Morgan fingerprint density at radius 1 is 1.20 bits per heavy atom. The molecule has 130 valence electrons. The SMILES string of the molecule is COc1ccc(CCCNC(=O)c2ccc3c(c2)[nH]c(=O)n3C)cc1. The van der Waals surface area contributed by atoms with Crippen LogP contribution < -0.4 is 15.7 Å². The van der Waals surface area contributed by atoms with Crippen LogP contribution in [-0.2, 0) is 13.5 Å². The van der Waals surface area contributed by atoms with E-state index in [1.165, 1.54) is 10.1 Å². The molecule has 0 saturated heterocycles. The molecule has 3 aromatic rings. The molecule has 0 fully saturated rings. The predicted molar refractivity (Wildman–Crippen MR) is 97.2 cm³/mol. The molecule has 25 heavy (non-hydrogen) atoms. The van der Waals surface area contributed by atoms with Gasteiger partial charge >= 0.3 is 5.69 Å². The molecule has 1 heterocycles. The van der Waals surface area contributed by atoms with E-state index in [1.807, 2.05) is 24.3 Å². The van der Waals surface area contributed by atoms with Crippen molar-refractivity contribution in [2.75, 3.05) is 13.7 Å². The molecule has 0 saturated carbocycles. The number of nitrogens with one attached hydrogen (secondary N) is 2. The van der Waals surface area contributed by atoms with Crippen molar-refractivity contribution < 1.29 is 9.53 Å².